The predicted octanol–water partition coefficient (Wildman–Crippen LogP) is 12.2. The molecule has 6 heteroatoms. The van der Waals surface area contributed by atoms with Gasteiger partial charge in [-0.1, -0.05) is 132 Å². The van der Waals surface area contributed by atoms with Crippen LogP contribution in [0.5, 0.6) is 23.0 Å². The zero-order valence-electron chi connectivity index (χ0n) is 39.6. The van der Waals surface area contributed by atoms with Crippen molar-refractivity contribution in [3.8, 4) is 23.0 Å². The summed E-state index contributed by atoms with van der Waals surface area (Å²) in [5, 5.41) is 0. The van der Waals surface area contributed by atoms with Crippen molar-refractivity contribution in [3.63, 3.8) is 0 Å². The molecule has 6 nitrogen and oxygen atoms in total. The Morgan fingerprint density at radius 2 is 0.600 bits per heavy atom. The van der Waals surface area contributed by atoms with E-state index in [0.29, 0.717) is 78.5 Å². The Balaban J connectivity index is 1.80. The van der Waals surface area contributed by atoms with E-state index < -0.39 is 0 Å². The fourth-order valence-corrected chi connectivity index (χ4v) is 8.38. The fraction of sp³-hybridized carbons (Fsp3) is 0.556. The van der Waals surface area contributed by atoms with Crippen LogP contribution in [0.1, 0.15) is 164 Å². The Morgan fingerprint density at radius 3 is 0.833 bits per heavy atom. The van der Waals surface area contributed by atoms with Gasteiger partial charge in [-0.3, -0.25) is 0 Å². The fourth-order valence-electron chi connectivity index (χ4n) is 8.38. The summed E-state index contributed by atoms with van der Waals surface area (Å²) >= 11 is 0. The molecule has 10 bridgehead atoms. The van der Waals surface area contributed by atoms with Gasteiger partial charge < -0.3 is 28.4 Å². The minimum atomic E-state index is -0.107. The van der Waals surface area contributed by atoms with Crippen LogP contribution < -0.4 is 18.9 Å². The Hall–Kier alpha value is -4.00. The Morgan fingerprint density at radius 1 is 0.367 bits per heavy atom. The largest absolute Gasteiger partial charge is 0.493 e. The summed E-state index contributed by atoms with van der Waals surface area (Å²) in [5.74, 6) is 3.73. The number of rotatable bonds is 4. The van der Waals surface area contributed by atoms with Crippen LogP contribution in [0, 0.1) is 0 Å². The van der Waals surface area contributed by atoms with Crippen LogP contribution in [-0.2, 0) is 56.8 Å². The first kappa shape index (κ1) is 45.5. The number of fused-ring (bicyclic) bond motifs is 2. The minimum absolute atomic E-state index is 0.0995. The van der Waals surface area contributed by atoms with Gasteiger partial charge in [0.25, 0.3) is 0 Å². The van der Waals surface area contributed by atoms with E-state index in [1.807, 2.05) is 0 Å². The highest BCUT2D eigenvalue weighted by molar-refractivity contribution is 5.60. The molecule has 1 aliphatic heterocycles. The standard InChI is InChI=1S/C54H74O6/c1-15-57-47-35-23-39-31-45(53(9,10)11)33-41-25-37-29-44(52(6,7)8)30-38(48(37)58-16-2)26-42-34-46(54(12,13)14)32-40(24-36(47)28-43(27-35)51(3,4)5)50(42)60-22-20-56-18-17-55-19-21-59-49(39)41/h27-34H,15-26H2,1-14H3. The predicted molar refractivity (Wildman–Crippen MR) is 247 cm³/mol. The summed E-state index contributed by atoms with van der Waals surface area (Å²) in [5.41, 5.74) is 13.9. The average Bonchev–Trinajstić information content (AvgIpc) is 3.13. The second-order valence-electron chi connectivity index (χ2n) is 21.0. The van der Waals surface area contributed by atoms with Gasteiger partial charge >= 0.3 is 0 Å². The first-order valence-corrected chi connectivity index (χ1v) is 22.5. The maximum absolute atomic E-state index is 6.97. The van der Waals surface area contributed by atoms with Crippen molar-refractivity contribution in [1.82, 2.24) is 0 Å². The molecule has 6 rings (SSSR count). The molecule has 4 aromatic carbocycles. The van der Waals surface area contributed by atoms with Gasteiger partial charge in [0.1, 0.15) is 36.2 Å². The molecule has 0 aromatic heterocycles. The van der Waals surface area contributed by atoms with Crippen molar-refractivity contribution >= 4 is 0 Å². The molecule has 4 aromatic rings. The van der Waals surface area contributed by atoms with E-state index in [4.69, 9.17) is 28.4 Å². The third-order valence-corrected chi connectivity index (χ3v) is 11.9. The second kappa shape index (κ2) is 18.2. The van der Waals surface area contributed by atoms with Crippen LogP contribution in [0.4, 0.5) is 0 Å². The van der Waals surface area contributed by atoms with Crippen LogP contribution in [-0.4, -0.2) is 52.9 Å². The van der Waals surface area contributed by atoms with Crippen LogP contribution in [0.15, 0.2) is 48.5 Å². The molecule has 1 aliphatic carbocycles. The quantitative estimate of drug-likeness (QED) is 0.180. The highest BCUT2D eigenvalue weighted by Gasteiger charge is 2.29. The van der Waals surface area contributed by atoms with Crippen molar-refractivity contribution in [2.24, 2.45) is 0 Å². The SMILES string of the molecule is CCOc1c2cc(C(C)(C)C)cc1Cc1cc(C(C)(C)C)cc3c1OCCOCCOCCOc1c(cc(C(C)(C)C)cc1Cc1cc(C(C)(C)C)cc(c1OCC)C3)C2. The number of hydrogen-bond donors (Lipinski definition) is 0. The Bertz CT molecular complexity index is 1880. The molecule has 0 spiro atoms. The summed E-state index contributed by atoms with van der Waals surface area (Å²) in [6.07, 6.45) is 2.59. The third-order valence-electron chi connectivity index (χ3n) is 11.9. The molecule has 0 saturated carbocycles. The molecular weight excluding hydrogens is 745 g/mol. The Labute approximate surface area is 362 Å². The van der Waals surface area contributed by atoms with Crippen LogP contribution in [0.3, 0.4) is 0 Å². The molecule has 0 N–H and O–H groups in total. The van der Waals surface area contributed by atoms with E-state index >= 15 is 0 Å². The first-order chi connectivity index (χ1) is 28.2. The van der Waals surface area contributed by atoms with E-state index in [-0.39, 0.29) is 21.7 Å². The minimum Gasteiger partial charge on any atom is -0.493 e. The summed E-state index contributed by atoms with van der Waals surface area (Å²) in [6.45, 7) is 35.7. The molecule has 326 valence electrons. The van der Waals surface area contributed by atoms with Gasteiger partial charge in [-0.2, -0.15) is 0 Å². The second-order valence-corrected chi connectivity index (χ2v) is 21.0. The molecule has 0 fully saturated rings. The highest BCUT2D eigenvalue weighted by Crippen LogP contribution is 2.44. The number of benzene rings is 4. The summed E-state index contributed by atoms with van der Waals surface area (Å²) < 4.78 is 39.7. The van der Waals surface area contributed by atoms with E-state index in [1.54, 1.807) is 0 Å². The van der Waals surface area contributed by atoms with Gasteiger partial charge in [-0.05, 0) is 102 Å². The van der Waals surface area contributed by atoms with Crippen molar-refractivity contribution in [3.05, 3.63) is 115 Å². The smallest absolute Gasteiger partial charge is 0.126 e. The zero-order chi connectivity index (χ0) is 43.6. The summed E-state index contributed by atoms with van der Waals surface area (Å²) in [6, 6.07) is 19.0. The average molecular weight is 819 g/mol. The lowest BCUT2D eigenvalue weighted by atomic mass is 9.79. The van der Waals surface area contributed by atoms with Gasteiger partial charge in [0, 0.05) is 25.7 Å². The zero-order valence-corrected chi connectivity index (χ0v) is 39.6. The number of hydrogen-bond acceptors (Lipinski definition) is 6. The lowest BCUT2D eigenvalue weighted by Gasteiger charge is -2.29. The van der Waals surface area contributed by atoms with Gasteiger partial charge in [0.15, 0.2) is 0 Å². The number of ether oxygens (including phenoxy) is 6. The third kappa shape index (κ3) is 10.7. The molecule has 0 amide bonds. The summed E-state index contributed by atoms with van der Waals surface area (Å²) in [7, 11) is 0. The van der Waals surface area contributed by atoms with Crippen molar-refractivity contribution in [2.75, 3.05) is 52.9 Å². The molecule has 60 heavy (non-hydrogen) atoms. The topological polar surface area (TPSA) is 55.4 Å². The summed E-state index contributed by atoms with van der Waals surface area (Å²) in [4.78, 5) is 0. The van der Waals surface area contributed by atoms with E-state index in [2.05, 4.69) is 145 Å². The lowest BCUT2D eigenvalue weighted by Crippen LogP contribution is -2.18. The van der Waals surface area contributed by atoms with Crippen molar-refractivity contribution in [1.29, 1.82) is 0 Å². The van der Waals surface area contributed by atoms with Gasteiger partial charge in [-0.15, -0.1) is 0 Å². The molecular formula is C54H74O6. The maximum atomic E-state index is 6.97. The lowest BCUT2D eigenvalue weighted by molar-refractivity contribution is 0.0270. The van der Waals surface area contributed by atoms with Crippen molar-refractivity contribution < 1.29 is 28.4 Å². The van der Waals surface area contributed by atoms with E-state index in [0.717, 1.165) is 67.5 Å². The first-order valence-electron chi connectivity index (χ1n) is 22.5. The van der Waals surface area contributed by atoms with Crippen LogP contribution in [0.2, 0.25) is 0 Å². The van der Waals surface area contributed by atoms with Crippen LogP contribution in [0.25, 0.3) is 0 Å². The van der Waals surface area contributed by atoms with Crippen LogP contribution >= 0.6 is 0 Å². The van der Waals surface area contributed by atoms with Gasteiger partial charge in [-0.25, -0.2) is 0 Å². The molecule has 0 unspecified atom stereocenters. The van der Waals surface area contributed by atoms with Gasteiger partial charge in [0.2, 0.25) is 0 Å². The highest BCUT2D eigenvalue weighted by atomic mass is 16.6. The molecule has 2 aliphatic rings. The normalized spacial score (nSPS) is 15.8. The maximum Gasteiger partial charge on any atom is 0.126 e. The molecule has 0 radical (unpaired) electrons. The van der Waals surface area contributed by atoms with Crippen molar-refractivity contribution in [2.45, 2.75) is 144 Å². The van der Waals surface area contributed by atoms with Gasteiger partial charge in [0.05, 0.1) is 39.6 Å². The Kier molecular flexibility index (Phi) is 13.8. The van der Waals surface area contributed by atoms with E-state index in [9.17, 15) is 0 Å². The molecule has 1 heterocycles. The van der Waals surface area contributed by atoms with E-state index in [1.165, 1.54) is 22.3 Å². The monoisotopic (exact) mass is 819 g/mol. The molecule has 0 atom stereocenters. The molecule has 0 saturated heterocycles.